The van der Waals surface area contributed by atoms with E-state index in [9.17, 15) is 8.78 Å². The van der Waals surface area contributed by atoms with Gasteiger partial charge in [-0.3, -0.25) is 4.90 Å². The van der Waals surface area contributed by atoms with Crippen LogP contribution in [0.4, 0.5) is 8.78 Å². The molecule has 2 aromatic rings. The van der Waals surface area contributed by atoms with E-state index in [-0.39, 0.29) is 11.5 Å². The van der Waals surface area contributed by atoms with Crippen molar-refractivity contribution < 1.29 is 22.8 Å². The number of nitrogens with zero attached hydrogens (tertiary/aromatic N) is 3. The highest BCUT2D eigenvalue weighted by Gasteiger charge is 2.21. The molecule has 142 valence electrons. The molecule has 0 bridgehead atoms. The minimum Gasteiger partial charge on any atom is -0.493 e. The van der Waals surface area contributed by atoms with Gasteiger partial charge in [0.25, 0.3) is 0 Å². The van der Waals surface area contributed by atoms with Gasteiger partial charge in [0.05, 0.1) is 13.7 Å². The summed E-state index contributed by atoms with van der Waals surface area (Å²) in [4.78, 5) is 6.66. The van der Waals surface area contributed by atoms with Crippen LogP contribution in [0.25, 0.3) is 11.4 Å². The van der Waals surface area contributed by atoms with E-state index in [1.807, 2.05) is 0 Å². The third-order valence-electron chi connectivity index (χ3n) is 4.69. The highest BCUT2D eigenvalue weighted by atomic mass is 19.3. The van der Waals surface area contributed by atoms with Crippen LogP contribution in [0.2, 0.25) is 0 Å². The van der Waals surface area contributed by atoms with E-state index in [2.05, 4.69) is 26.8 Å². The molecule has 1 aliphatic carbocycles. The van der Waals surface area contributed by atoms with E-state index in [1.165, 1.54) is 45.3 Å². The SMILES string of the molecule is COc1cc(-c2noc(CN(C)C3CCCCC3)n2)ccc1OC(F)F. The molecular weight excluding hydrogens is 344 g/mol. The number of benzene rings is 1. The maximum atomic E-state index is 12.4. The fourth-order valence-electron chi connectivity index (χ4n) is 3.30. The first-order valence-corrected chi connectivity index (χ1v) is 8.73. The van der Waals surface area contributed by atoms with Gasteiger partial charge in [-0.1, -0.05) is 24.4 Å². The first-order chi connectivity index (χ1) is 12.6. The Morgan fingerprint density at radius 2 is 2.00 bits per heavy atom. The summed E-state index contributed by atoms with van der Waals surface area (Å²) in [6.45, 7) is -2.33. The lowest BCUT2D eigenvalue weighted by molar-refractivity contribution is -0.0512. The van der Waals surface area contributed by atoms with Crippen LogP contribution < -0.4 is 9.47 Å². The number of halogens is 2. The van der Waals surface area contributed by atoms with Crippen molar-refractivity contribution in [2.75, 3.05) is 14.2 Å². The fraction of sp³-hybridized carbons (Fsp3) is 0.556. The van der Waals surface area contributed by atoms with Gasteiger partial charge in [-0.2, -0.15) is 13.8 Å². The number of hydrogen-bond donors (Lipinski definition) is 0. The summed E-state index contributed by atoms with van der Waals surface area (Å²) in [6, 6.07) is 5.10. The summed E-state index contributed by atoms with van der Waals surface area (Å²) in [5.41, 5.74) is 0.610. The van der Waals surface area contributed by atoms with Gasteiger partial charge in [-0.25, -0.2) is 0 Å². The summed E-state index contributed by atoms with van der Waals surface area (Å²) < 4.78 is 39.7. The van der Waals surface area contributed by atoms with Gasteiger partial charge in [-0.05, 0) is 38.1 Å². The van der Waals surface area contributed by atoms with Gasteiger partial charge in [-0.15, -0.1) is 0 Å². The third kappa shape index (κ3) is 4.49. The van der Waals surface area contributed by atoms with Crippen molar-refractivity contribution in [2.24, 2.45) is 0 Å². The molecule has 0 radical (unpaired) electrons. The Bertz CT molecular complexity index is 717. The van der Waals surface area contributed by atoms with Gasteiger partial charge in [0.1, 0.15) is 0 Å². The van der Waals surface area contributed by atoms with Crippen LogP contribution in [-0.4, -0.2) is 41.9 Å². The second kappa shape index (κ2) is 8.44. The maximum absolute atomic E-state index is 12.4. The highest BCUT2D eigenvalue weighted by Crippen LogP contribution is 2.32. The second-order valence-electron chi connectivity index (χ2n) is 6.46. The van der Waals surface area contributed by atoms with E-state index in [0.717, 1.165) is 0 Å². The molecule has 0 N–H and O–H groups in total. The first kappa shape index (κ1) is 18.6. The molecule has 0 unspecified atom stereocenters. The van der Waals surface area contributed by atoms with Gasteiger partial charge in [0.2, 0.25) is 11.7 Å². The Kier molecular flexibility index (Phi) is 6.03. The summed E-state index contributed by atoms with van der Waals surface area (Å²) >= 11 is 0. The number of alkyl halides is 2. The lowest BCUT2D eigenvalue weighted by Crippen LogP contribution is -2.32. The monoisotopic (exact) mass is 367 g/mol. The molecule has 1 aromatic heterocycles. The molecular formula is C18H23F2N3O3. The molecule has 1 aliphatic rings. The van der Waals surface area contributed by atoms with Crippen LogP contribution in [0.3, 0.4) is 0 Å². The standard InChI is InChI=1S/C18H23F2N3O3/c1-23(13-6-4-3-5-7-13)11-16-21-17(22-26-16)12-8-9-14(25-18(19)20)15(10-12)24-2/h8-10,13,18H,3-7,11H2,1-2H3. The quantitative estimate of drug-likeness (QED) is 0.734. The summed E-state index contributed by atoms with van der Waals surface area (Å²) in [5, 5.41) is 3.99. The Morgan fingerprint density at radius 3 is 2.69 bits per heavy atom. The zero-order valence-electron chi connectivity index (χ0n) is 15.0. The normalized spacial score (nSPS) is 15.6. The Labute approximate surface area is 151 Å². The van der Waals surface area contributed by atoms with Gasteiger partial charge in [0, 0.05) is 11.6 Å². The molecule has 0 spiro atoms. The minimum absolute atomic E-state index is 0.0352. The van der Waals surface area contributed by atoms with Crippen molar-refractivity contribution in [1.82, 2.24) is 15.0 Å². The average molecular weight is 367 g/mol. The predicted octanol–water partition coefficient (Wildman–Crippen LogP) is 4.11. The Balaban J connectivity index is 1.70. The molecule has 1 fully saturated rings. The zero-order chi connectivity index (χ0) is 18.5. The van der Waals surface area contributed by atoms with Crippen LogP contribution in [0, 0.1) is 0 Å². The third-order valence-corrected chi connectivity index (χ3v) is 4.69. The minimum atomic E-state index is -2.91. The predicted molar refractivity (Wildman–Crippen MR) is 91.3 cm³/mol. The topological polar surface area (TPSA) is 60.6 Å². The molecule has 26 heavy (non-hydrogen) atoms. The number of hydrogen-bond acceptors (Lipinski definition) is 6. The van der Waals surface area contributed by atoms with Gasteiger partial charge in [0.15, 0.2) is 11.5 Å². The molecule has 0 amide bonds. The van der Waals surface area contributed by atoms with Crippen molar-refractivity contribution in [3.05, 3.63) is 24.1 Å². The molecule has 1 heterocycles. The smallest absolute Gasteiger partial charge is 0.387 e. The van der Waals surface area contributed by atoms with Crippen molar-refractivity contribution in [1.29, 1.82) is 0 Å². The molecule has 6 nitrogen and oxygen atoms in total. The van der Waals surface area contributed by atoms with Gasteiger partial charge < -0.3 is 14.0 Å². The molecule has 1 aromatic carbocycles. The number of rotatable bonds is 7. The highest BCUT2D eigenvalue weighted by molar-refractivity contribution is 5.60. The number of aromatic nitrogens is 2. The molecule has 0 aliphatic heterocycles. The Hall–Kier alpha value is -2.22. The first-order valence-electron chi connectivity index (χ1n) is 8.73. The molecule has 1 saturated carbocycles. The number of methoxy groups -OCH3 is 1. The van der Waals surface area contributed by atoms with E-state index in [4.69, 9.17) is 9.26 Å². The largest absolute Gasteiger partial charge is 0.493 e. The lowest BCUT2D eigenvalue weighted by atomic mass is 9.94. The van der Waals surface area contributed by atoms with E-state index in [1.54, 1.807) is 12.1 Å². The van der Waals surface area contributed by atoms with Crippen LogP contribution in [-0.2, 0) is 6.54 Å². The average Bonchev–Trinajstić information content (AvgIpc) is 3.10. The van der Waals surface area contributed by atoms with Crippen LogP contribution in [0.15, 0.2) is 22.7 Å². The lowest BCUT2D eigenvalue weighted by Gasteiger charge is -2.29. The maximum Gasteiger partial charge on any atom is 0.387 e. The van der Waals surface area contributed by atoms with Crippen LogP contribution in [0.5, 0.6) is 11.5 Å². The van der Waals surface area contributed by atoms with Gasteiger partial charge >= 0.3 is 6.61 Å². The van der Waals surface area contributed by atoms with E-state index in [0.29, 0.717) is 29.9 Å². The van der Waals surface area contributed by atoms with Crippen molar-refractivity contribution >= 4 is 0 Å². The molecule has 0 atom stereocenters. The molecule has 8 heteroatoms. The summed E-state index contributed by atoms with van der Waals surface area (Å²) in [5.74, 6) is 1.07. The number of ether oxygens (including phenoxy) is 2. The Morgan fingerprint density at radius 1 is 1.23 bits per heavy atom. The van der Waals surface area contributed by atoms with Crippen molar-refractivity contribution in [3.63, 3.8) is 0 Å². The van der Waals surface area contributed by atoms with Crippen LogP contribution >= 0.6 is 0 Å². The zero-order valence-corrected chi connectivity index (χ0v) is 15.0. The molecule has 3 rings (SSSR count). The molecule has 0 saturated heterocycles. The van der Waals surface area contributed by atoms with E-state index < -0.39 is 6.61 Å². The fourth-order valence-corrected chi connectivity index (χ4v) is 3.30. The van der Waals surface area contributed by atoms with Crippen LogP contribution in [0.1, 0.15) is 38.0 Å². The van der Waals surface area contributed by atoms with Crippen molar-refractivity contribution in [3.8, 4) is 22.9 Å². The summed E-state index contributed by atoms with van der Waals surface area (Å²) in [6.07, 6.45) is 6.22. The summed E-state index contributed by atoms with van der Waals surface area (Å²) in [7, 11) is 3.46. The van der Waals surface area contributed by atoms with E-state index >= 15 is 0 Å². The second-order valence-corrected chi connectivity index (χ2v) is 6.46. The van der Waals surface area contributed by atoms with Crippen molar-refractivity contribution in [2.45, 2.75) is 51.3 Å².